The van der Waals surface area contributed by atoms with Crippen molar-refractivity contribution in [1.82, 2.24) is 15.4 Å². The number of carbonyl (C=O) groups is 1. The molecule has 0 radical (unpaired) electrons. The maximum absolute atomic E-state index is 12.1. The summed E-state index contributed by atoms with van der Waals surface area (Å²) < 4.78 is 5.53. The Kier molecular flexibility index (Phi) is 6.72. The van der Waals surface area contributed by atoms with E-state index in [-0.39, 0.29) is 24.0 Å². The molecule has 1 aromatic heterocycles. The first-order chi connectivity index (χ1) is 14.6. The first-order valence-electron chi connectivity index (χ1n) is 9.15. The summed E-state index contributed by atoms with van der Waals surface area (Å²) in [6, 6.07) is 16.1. The molecule has 0 spiro atoms. The summed E-state index contributed by atoms with van der Waals surface area (Å²) in [6.07, 6.45) is 1.27. The Bertz CT molecular complexity index is 1030. The van der Waals surface area contributed by atoms with Crippen LogP contribution in [0.4, 0.5) is 23.0 Å². The molecule has 10 nitrogen and oxygen atoms in total. The van der Waals surface area contributed by atoms with Gasteiger partial charge in [-0.2, -0.15) is 0 Å². The van der Waals surface area contributed by atoms with Crippen molar-refractivity contribution in [3.05, 3.63) is 76.6 Å². The van der Waals surface area contributed by atoms with Crippen molar-refractivity contribution in [2.24, 2.45) is 0 Å². The summed E-state index contributed by atoms with van der Waals surface area (Å²) in [6.45, 7) is 2.27. The highest BCUT2D eigenvalue weighted by atomic mass is 16.6. The van der Waals surface area contributed by atoms with Gasteiger partial charge < -0.3 is 10.1 Å². The van der Waals surface area contributed by atoms with Crippen molar-refractivity contribution >= 4 is 28.9 Å². The zero-order valence-electron chi connectivity index (χ0n) is 16.2. The van der Waals surface area contributed by atoms with Crippen LogP contribution in [0.25, 0.3) is 0 Å². The lowest BCUT2D eigenvalue weighted by Gasteiger charge is -2.13. The quantitative estimate of drug-likeness (QED) is 0.363. The summed E-state index contributed by atoms with van der Waals surface area (Å²) in [5, 5.41) is 14.6. The Balaban J connectivity index is 1.78. The van der Waals surface area contributed by atoms with E-state index in [1.165, 1.54) is 0 Å². The monoisotopic (exact) mass is 408 g/mol. The Morgan fingerprint density at radius 1 is 1.07 bits per heavy atom. The fraction of sp³-hybridized carbons (Fsp3) is 0.150. The standard InChI is InChI=1S/C20H20N6O4/c1-2-30-16-11-7-6-10-15(16)23-19-18(26(28)29)20(22-13-21-19)25-24-17(27)12-14-8-4-3-5-9-14/h3-11,13H,2,12H2,1H3,(H,24,27)(H2,21,22,23,25). The minimum atomic E-state index is -0.628. The molecule has 3 rings (SSSR count). The predicted octanol–water partition coefficient (Wildman–Crippen LogP) is 3.21. The number of benzene rings is 2. The predicted molar refractivity (Wildman–Crippen MR) is 111 cm³/mol. The Morgan fingerprint density at radius 3 is 2.50 bits per heavy atom. The lowest BCUT2D eigenvalue weighted by Crippen LogP contribution is -2.31. The molecule has 154 valence electrons. The van der Waals surface area contributed by atoms with Crippen LogP contribution in [-0.4, -0.2) is 27.4 Å². The van der Waals surface area contributed by atoms with Gasteiger partial charge in [-0.25, -0.2) is 9.97 Å². The lowest BCUT2D eigenvalue weighted by molar-refractivity contribution is -0.383. The molecule has 0 atom stereocenters. The number of nitrogens with one attached hydrogen (secondary N) is 3. The van der Waals surface area contributed by atoms with Crippen molar-refractivity contribution in [3.63, 3.8) is 0 Å². The van der Waals surface area contributed by atoms with E-state index < -0.39 is 10.6 Å². The van der Waals surface area contributed by atoms with Gasteiger partial charge in [0.2, 0.25) is 17.5 Å². The van der Waals surface area contributed by atoms with Gasteiger partial charge in [-0.15, -0.1) is 0 Å². The molecule has 0 aliphatic heterocycles. The molecular weight excluding hydrogens is 388 g/mol. The van der Waals surface area contributed by atoms with Crippen LogP contribution in [0.5, 0.6) is 5.75 Å². The third kappa shape index (κ3) is 5.19. The van der Waals surface area contributed by atoms with E-state index >= 15 is 0 Å². The summed E-state index contributed by atoms with van der Waals surface area (Å²) in [7, 11) is 0. The molecule has 0 unspecified atom stereocenters. The first kappa shape index (κ1) is 20.5. The van der Waals surface area contributed by atoms with Crippen LogP contribution in [0.15, 0.2) is 60.9 Å². The van der Waals surface area contributed by atoms with Crippen LogP contribution in [0, 0.1) is 10.1 Å². The molecule has 1 heterocycles. The summed E-state index contributed by atoms with van der Waals surface area (Å²) in [5.74, 6) is -0.0290. The van der Waals surface area contributed by atoms with Crippen molar-refractivity contribution in [2.45, 2.75) is 13.3 Å². The number of ether oxygens (including phenoxy) is 1. The second-order valence-corrected chi connectivity index (χ2v) is 6.07. The number of carbonyl (C=O) groups excluding carboxylic acids is 1. The summed E-state index contributed by atoms with van der Waals surface area (Å²) in [5.41, 5.74) is 5.86. The number of hydrazine groups is 1. The number of nitro groups is 1. The van der Waals surface area contributed by atoms with E-state index in [0.29, 0.717) is 18.0 Å². The number of hydrogen-bond donors (Lipinski definition) is 3. The molecule has 0 bridgehead atoms. The number of nitrogens with zero attached hydrogens (tertiary/aromatic N) is 3. The van der Waals surface area contributed by atoms with Crippen molar-refractivity contribution in [1.29, 1.82) is 0 Å². The molecule has 2 aromatic carbocycles. The number of para-hydroxylation sites is 2. The average Bonchev–Trinajstić information content (AvgIpc) is 2.74. The fourth-order valence-electron chi connectivity index (χ4n) is 2.67. The SMILES string of the molecule is CCOc1ccccc1Nc1ncnc(NNC(=O)Cc2ccccc2)c1[N+](=O)[O-]. The highest BCUT2D eigenvalue weighted by Gasteiger charge is 2.24. The Labute approximate surface area is 172 Å². The molecule has 0 aliphatic carbocycles. The van der Waals surface area contributed by atoms with E-state index in [0.717, 1.165) is 11.9 Å². The van der Waals surface area contributed by atoms with Gasteiger partial charge in [0, 0.05) is 0 Å². The van der Waals surface area contributed by atoms with Crippen LogP contribution in [0.2, 0.25) is 0 Å². The van der Waals surface area contributed by atoms with E-state index in [9.17, 15) is 14.9 Å². The normalized spacial score (nSPS) is 10.2. The van der Waals surface area contributed by atoms with Crippen molar-refractivity contribution in [2.75, 3.05) is 17.3 Å². The molecule has 10 heteroatoms. The van der Waals surface area contributed by atoms with Gasteiger partial charge in [-0.05, 0) is 24.6 Å². The zero-order valence-corrected chi connectivity index (χ0v) is 16.2. The van der Waals surface area contributed by atoms with Crippen LogP contribution in [0.3, 0.4) is 0 Å². The average molecular weight is 408 g/mol. The maximum Gasteiger partial charge on any atom is 0.355 e. The van der Waals surface area contributed by atoms with Gasteiger partial charge in [-0.3, -0.25) is 25.8 Å². The van der Waals surface area contributed by atoms with E-state index in [2.05, 4.69) is 26.1 Å². The van der Waals surface area contributed by atoms with Crippen molar-refractivity contribution in [3.8, 4) is 5.75 Å². The second kappa shape index (κ2) is 9.82. The van der Waals surface area contributed by atoms with Gasteiger partial charge >= 0.3 is 5.69 Å². The second-order valence-electron chi connectivity index (χ2n) is 6.07. The van der Waals surface area contributed by atoms with Crippen LogP contribution >= 0.6 is 0 Å². The highest BCUT2D eigenvalue weighted by Crippen LogP contribution is 2.33. The molecule has 0 saturated carbocycles. The molecular formula is C20H20N6O4. The van der Waals surface area contributed by atoms with Crippen molar-refractivity contribution < 1.29 is 14.5 Å². The van der Waals surface area contributed by atoms with E-state index in [4.69, 9.17) is 4.74 Å². The number of hydrogen-bond acceptors (Lipinski definition) is 8. The van der Waals surface area contributed by atoms with Gasteiger partial charge in [-0.1, -0.05) is 42.5 Å². The largest absolute Gasteiger partial charge is 0.492 e. The summed E-state index contributed by atoms with van der Waals surface area (Å²) in [4.78, 5) is 31.1. The third-order valence-electron chi connectivity index (χ3n) is 3.97. The van der Waals surface area contributed by atoms with Gasteiger partial charge in [0.25, 0.3) is 0 Å². The Hall–Kier alpha value is -4.21. The molecule has 3 aromatic rings. The number of rotatable bonds is 9. The molecule has 0 saturated heterocycles. The highest BCUT2D eigenvalue weighted by molar-refractivity contribution is 5.81. The van der Waals surface area contributed by atoms with E-state index in [1.54, 1.807) is 24.3 Å². The smallest absolute Gasteiger partial charge is 0.355 e. The van der Waals surface area contributed by atoms with Gasteiger partial charge in [0.15, 0.2) is 0 Å². The third-order valence-corrected chi connectivity index (χ3v) is 3.97. The molecule has 3 N–H and O–H groups in total. The minimum absolute atomic E-state index is 0.0399. The minimum Gasteiger partial charge on any atom is -0.492 e. The maximum atomic E-state index is 12.1. The fourth-order valence-corrected chi connectivity index (χ4v) is 2.67. The van der Waals surface area contributed by atoms with Gasteiger partial charge in [0.1, 0.15) is 12.1 Å². The number of anilines is 3. The number of amides is 1. The van der Waals surface area contributed by atoms with Gasteiger partial charge in [0.05, 0.1) is 23.6 Å². The van der Waals surface area contributed by atoms with Crippen LogP contribution in [0.1, 0.15) is 12.5 Å². The molecule has 0 fully saturated rings. The van der Waals surface area contributed by atoms with E-state index in [1.807, 2.05) is 37.3 Å². The zero-order chi connectivity index (χ0) is 21.3. The molecule has 30 heavy (non-hydrogen) atoms. The lowest BCUT2D eigenvalue weighted by atomic mass is 10.1. The Morgan fingerprint density at radius 2 is 1.77 bits per heavy atom. The first-order valence-corrected chi connectivity index (χ1v) is 9.15. The topological polar surface area (TPSA) is 131 Å². The van der Waals surface area contributed by atoms with Crippen LogP contribution < -0.4 is 20.9 Å². The number of aromatic nitrogens is 2. The summed E-state index contributed by atoms with van der Waals surface area (Å²) >= 11 is 0. The molecule has 1 amide bonds. The van der Waals surface area contributed by atoms with Crippen LogP contribution in [-0.2, 0) is 11.2 Å². The molecule has 0 aliphatic rings.